The van der Waals surface area contributed by atoms with Crippen LogP contribution in [0.5, 0.6) is 0 Å². The monoisotopic (exact) mass is 443 g/mol. The second-order valence-corrected chi connectivity index (χ2v) is 9.79. The van der Waals surface area contributed by atoms with Crippen molar-refractivity contribution in [3.8, 4) is 0 Å². The molecule has 3 rings (SSSR count). The maximum Gasteiger partial charge on any atom is 0.240 e. The van der Waals surface area contributed by atoms with E-state index in [1.54, 1.807) is 12.1 Å². The Labute approximate surface area is 186 Å². The summed E-state index contributed by atoms with van der Waals surface area (Å²) in [5.41, 5.74) is 4.43. The summed E-state index contributed by atoms with van der Waals surface area (Å²) in [4.78, 5) is 14.3. The molecule has 0 fully saturated rings. The number of amides is 1. The first-order valence-corrected chi connectivity index (χ1v) is 12.7. The van der Waals surface area contributed by atoms with Gasteiger partial charge in [0.05, 0.1) is 4.90 Å². The first-order chi connectivity index (χ1) is 14.9. The number of carbonyl (C=O) groups is 1. The van der Waals surface area contributed by atoms with E-state index >= 15 is 0 Å². The summed E-state index contributed by atoms with van der Waals surface area (Å²) in [6.07, 6.45) is 5.24. The smallest absolute Gasteiger partial charge is 0.240 e. The molecule has 2 aromatic carbocycles. The number of rotatable bonds is 10. The predicted molar refractivity (Wildman–Crippen MR) is 126 cm³/mol. The van der Waals surface area contributed by atoms with E-state index < -0.39 is 10.0 Å². The first-order valence-electron chi connectivity index (χ1n) is 11.2. The topological polar surface area (TPSA) is 78.5 Å². The quantitative estimate of drug-likeness (QED) is 0.579. The van der Waals surface area contributed by atoms with Crippen LogP contribution in [0.15, 0.2) is 47.4 Å². The lowest BCUT2D eigenvalue weighted by Gasteiger charge is -2.31. The zero-order chi connectivity index (χ0) is 22.3. The Hall–Kier alpha value is -2.38. The fourth-order valence-corrected chi connectivity index (χ4v) is 5.00. The zero-order valence-electron chi connectivity index (χ0n) is 18.5. The average molecular weight is 444 g/mol. The lowest BCUT2D eigenvalue weighted by atomic mass is 9.98. The minimum absolute atomic E-state index is 0.0703. The van der Waals surface area contributed by atoms with Crippen molar-refractivity contribution in [2.24, 2.45) is 0 Å². The first kappa shape index (κ1) is 23.3. The van der Waals surface area contributed by atoms with Crippen molar-refractivity contribution < 1.29 is 13.2 Å². The van der Waals surface area contributed by atoms with Crippen LogP contribution in [0.3, 0.4) is 0 Å². The Balaban J connectivity index is 1.57. The highest BCUT2D eigenvalue weighted by atomic mass is 32.2. The van der Waals surface area contributed by atoms with Gasteiger partial charge < -0.3 is 10.2 Å². The number of anilines is 2. The third-order valence-electron chi connectivity index (χ3n) is 5.48. The van der Waals surface area contributed by atoms with Crippen molar-refractivity contribution in [1.82, 2.24) is 4.72 Å². The lowest BCUT2D eigenvalue weighted by Crippen LogP contribution is -2.30. The fraction of sp³-hybridized carbons (Fsp3) is 0.458. The summed E-state index contributed by atoms with van der Waals surface area (Å²) in [7, 11) is -3.59. The van der Waals surface area contributed by atoms with Gasteiger partial charge in [-0.25, -0.2) is 13.1 Å². The van der Waals surface area contributed by atoms with Crippen molar-refractivity contribution in [2.75, 3.05) is 29.9 Å². The van der Waals surface area contributed by atoms with Crippen LogP contribution < -0.4 is 14.9 Å². The molecule has 6 nitrogen and oxygen atoms in total. The molecule has 0 aliphatic carbocycles. The summed E-state index contributed by atoms with van der Waals surface area (Å²) < 4.78 is 27.9. The fourth-order valence-electron chi connectivity index (χ4n) is 3.97. The molecule has 0 bridgehead atoms. The van der Waals surface area contributed by atoms with Gasteiger partial charge in [-0.05, 0) is 73.6 Å². The predicted octanol–water partition coefficient (Wildman–Crippen LogP) is 4.11. The van der Waals surface area contributed by atoms with Gasteiger partial charge in [0.2, 0.25) is 15.9 Å². The van der Waals surface area contributed by atoms with Crippen LogP contribution in [0, 0.1) is 0 Å². The molecule has 1 aliphatic rings. The largest absolute Gasteiger partial charge is 0.371 e. The Morgan fingerprint density at radius 3 is 2.55 bits per heavy atom. The van der Waals surface area contributed by atoms with Gasteiger partial charge in [-0.3, -0.25) is 4.79 Å². The van der Waals surface area contributed by atoms with E-state index in [9.17, 15) is 13.2 Å². The number of hydrogen-bond donors (Lipinski definition) is 2. The number of carbonyl (C=O) groups excluding carboxylic acids is 1. The standard InChI is InChI=1S/C24H33N3O3S/c1-3-6-24(28)26-21-9-11-22(12-10-21)31(29,30)25-15-14-19-8-13-23-20(18-19)7-5-17-27(23)16-4-2/h8-13,18,25H,3-7,14-17H2,1-2H3,(H,26,28). The molecule has 0 unspecified atom stereocenters. The maximum atomic E-state index is 12.6. The summed E-state index contributed by atoms with van der Waals surface area (Å²) in [6, 6.07) is 12.8. The summed E-state index contributed by atoms with van der Waals surface area (Å²) in [5.74, 6) is -0.0703. The molecule has 1 heterocycles. The highest BCUT2D eigenvalue weighted by Crippen LogP contribution is 2.28. The Bertz CT molecular complexity index is 988. The number of fused-ring (bicyclic) bond motifs is 1. The highest BCUT2D eigenvalue weighted by Gasteiger charge is 2.17. The minimum atomic E-state index is -3.59. The highest BCUT2D eigenvalue weighted by molar-refractivity contribution is 7.89. The third-order valence-corrected chi connectivity index (χ3v) is 6.96. The van der Waals surface area contributed by atoms with Crippen LogP contribution in [0.1, 0.15) is 50.7 Å². The van der Waals surface area contributed by atoms with Crippen LogP contribution in [0.25, 0.3) is 0 Å². The van der Waals surface area contributed by atoms with Gasteiger partial charge >= 0.3 is 0 Å². The normalized spacial score (nSPS) is 13.7. The van der Waals surface area contributed by atoms with Crippen LogP contribution in [0.2, 0.25) is 0 Å². The van der Waals surface area contributed by atoms with Crippen LogP contribution in [0.4, 0.5) is 11.4 Å². The second kappa shape index (κ2) is 10.8. The van der Waals surface area contributed by atoms with Crippen LogP contribution in [-0.2, 0) is 27.7 Å². The van der Waals surface area contributed by atoms with Crippen molar-refractivity contribution in [3.63, 3.8) is 0 Å². The van der Waals surface area contributed by atoms with E-state index in [0.29, 0.717) is 25.1 Å². The summed E-state index contributed by atoms with van der Waals surface area (Å²) >= 11 is 0. The van der Waals surface area contributed by atoms with Gasteiger partial charge in [-0.15, -0.1) is 0 Å². The summed E-state index contributed by atoms with van der Waals surface area (Å²) in [5, 5.41) is 2.76. The van der Waals surface area contributed by atoms with Gasteiger partial charge in [-0.2, -0.15) is 0 Å². The number of benzene rings is 2. The van der Waals surface area contributed by atoms with Crippen molar-refractivity contribution >= 4 is 27.3 Å². The summed E-state index contributed by atoms with van der Waals surface area (Å²) in [6.45, 7) is 6.67. The molecule has 0 aromatic heterocycles. The number of nitrogens with one attached hydrogen (secondary N) is 2. The molecule has 2 aromatic rings. The van der Waals surface area contributed by atoms with E-state index in [1.807, 2.05) is 6.92 Å². The van der Waals surface area contributed by atoms with Gasteiger partial charge in [0.1, 0.15) is 0 Å². The molecule has 168 valence electrons. The van der Waals surface area contributed by atoms with E-state index in [4.69, 9.17) is 0 Å². The maximum absolute atomic E-state index is 12.6. The van der Waals surface area contributed by atoms with Gasteiger partial charge in [0, 0.05) is 37.4 Å². The van der Waals surface area contributed by atoms with E-state index in [2.05, 4.69) is 40.1 Å². The molecule has 2 N–H and O–H groups in total. The van der Waals surface area contributed by atoms with Crippen molar-refractivity contribution in [1.29, 1.82) is 0 Å². The second-order valence-electron chi connectivity index (χ2n) is 8.02. The molecule has 0 saturated carbocycles. The Kier molecular flexibility index (Phi) is 8.09. The van der Waals surface area contributed by atoms with Crippen LogP contribution in [-0.4, -0.2) is 34.0 Å². The molecular weight excluding hydrogens is 410 g/mol. The van der Waals surface area contributed by atoms with Crippen LogP contribution >= 0.6 is 0 Å². The van der Waals surface area contributed by atoms with Gasteiger partial charge in [0.15, 0.2) is 0 Å². The minimum Gasteiger partial charge on any atom is -0.371 e. The van der Waals surface area contributed by atoms with Crippen molar-refractivity contribution in [2.45, 2.75) is 57.3 Å². The molecule has 31 heavy (non-hydrogen) atoms. The molecule has 7 heteroatoms. The van der Waals surface area contributed by atoms with Crippen molar-refractivity contribution in [3.05, 3.63) is 53.6 Å². The lowest BCUT2D eigenvalue weighted by molar-refractivity contribution is -0.116. The van der Waals surface area contributed by atoms with Gasteiger partial charge in [0.25, 0.3) is 0 Å². The zero-order valence-corrected chi connectivity index (χ0v) is 19.3. The van der Waals surface area contributed by atoms with Gasteiger partial charge in [-0.1, -0.05) is 26.0 Å². The molecule has 0 saturated heterocycles. The Morgan fingerprint density at radius 2 is 1.84 bits per heavy atom. The average Bonchev–Trinajstić information content (AvgIpc) is 2.74. The molecule has 0 spiro atoms. The number of hydrogen-bond acceptors (Lipinski definition) is 4. The number of aryl methyl sites for hydroxylation is 1. The molecule has 1 aliphatic heterocycles. The number of nitrogens with zero attached hydrogens (tertiary/aromatic N) is 1. The third kappa shape index (κ3) is 6.31. The SMILES string of the molecule is CCCC(=O)Nc1ccc(S(=O)(=O)NCCc2ccc3c(c2)CCCN3CCC)cc1. The van der Waals surface area contributed by atoms with E-state index in [-0.39, 0.29) is 10.8 Å². The molecule has 0 radical (unpaired) electrons. The van der Waals surface area contributed by atoms with E-state index in [1.165, 1.54) is 23.4 Å². The molecule has 0 atom stereocenters. The Morgan fingerprint density at radius 1 is 1.06 bits per heavy atom. The number of sulfonamides is 1. The van der Waals surface area contributed by atoms with E-state index in [0.717, 1.165) is 44.3 Å². The molecule has 1 amide bonds. The molecular formula is C24H33N3O3S.